The third-order valence-corrected chi connectivity index (χ3v) is 4.88. The zero-order chi connectivity index (χ0) is 15.4. The summed E-state index contributed by atoms with van der Waals surface area (Å²) >= 11 is 3.47. The predicted molar refractivity (Wildman–Crippen MR) is 90.4 cm³/mol. The molecule has 21 heavy (non-hydrogen) atoms. The second kappa shape index (κ2) is 7.41. The van der Waals surface area contributed by atoms with E-state index in [1.165, 1.54) is 5.56 Å². The lowest BCUT2D eigenvalue weighted by molar-refractivity contribution is -0.133. The van der Waals surface area contributed by atoms with Crippen molar-refractivity contribution in [3.8, 4) is 0 Å². The van der Waals surface area contributed by atoms with Crippen LogP contribution in [0.4, 0.5) is 0 Å². The highest BCUT2D eigenvalue weighted by Gasteiger charge is 2.24. The summed E-state index contributed by atoms with van der Waals surface area (Å²) < 4.78 is 1.08. The Hall–Kier alpha value is -0.870. The molecular formula is C17H25BrN2O. The van der Waals surface area contributed by atoms with E-state index in [0.717, 1.165) is 30.7 Å². The van der Waals surface area contributed by atoms with Gasteiger partial charge in [0.05, 0.1) is 0 Å². The van der Waals surface area contributed by atoms with Crippen LogP contribution >= 0.6 is 15.9 Å². The largest absolute Gasteiger partial charge is 0.340 e. The van der Waals surface area contributed by atoms with Gasteiger partial charge in [0.1, 0.15) is 0 Å². The van der Waals surface area contributed by atoms with Crippen molar-refractivity contribution in [1.29, 1.82) is 0 Å². The minimum atomic E-state index is 0.296. The van der Waals surface area contributed by atoms with Gasteiger partial charge >= 0.3 is 0 Å². The van der Waals surface area contributed by atoms with Crippen LogP contribution in [0, 0.1) is 5.92 Å². The number of carbonyl (C=O) groups excluding carboxylic acids is 1. The van der Waals surface area contributed by atoms with E-state index in [1.807, 2.05) is 4.90 Å². The molecule has 0 saturated carbocycles. The topological polar surface area (TPSA) is 23.6 Å². The van der Waals surface area contributed by atoms with Crippen LogP contribution in [0.15, 0.2) is 28.7 Å². The molecule has 3 nitrogen and oxygen atoms in total. The molecule has 0 aromatic heterocycles. The Balaban J connectivity index is 2.02. The van der Waals surface area contributed by atoms with E-state index >= 15 is 0 Å². The quantitative estimate of drug-likeness (QED) is 0.829. The zero-order valence-electron chi connectivity index (χ0n) is 13.2. The Bertz CT molecular complexity index is 464. The predicted octanol–water partition coefficient (Wildman–Crippen LogP) is 3.35. The highest BCUT2D eigenvalue weighted by atomic mass is 79.9. The maximum atomic E-state index is 12.6. The second-order valence-corrected chi connectivity index (χ2v) is 7.21. The molecule has 1 heterocycles. The van der Waals surface area contributed by atoms with E-state index in [1.54, 1.807) is 0 Å². The van der Waals surface area contributed by atoms with E-state index in [-0.39, 0.29) is 0 Å². The zero-order valence-corrected chi connectivity index (χ0v) is 14.8. The Morgan fingerprint density at radius 3 is 2.24 bits per heavy atom. The van der Waals surface area contributed by atoms with Gasteiger partial charge in [-0.1, -0.05) is 41.9 Å². The van der Waals surface area contributed by atoms with Crippen LogP contribution in [-0.4, -0.2) is 48.9 Å². The summed E-state index contributed by atoms with van der Waals surface area (Å²) in [7, 11) is 2.11. The molecule has 1 fully saturated rings. The van der Waals surface area contributed by atoms with Crippen LogP contribution < -0.4 is 0 Å². The number of hydrogen-bond donors (Lipinski definition) is 0. The maximum Gasteiger partial charge on any atom is 0.223 e. The lowest BCUT2D eigenvalue weighted by Crippen LogP contribution is -2.47. The molecule has 1 aliphatic heterocycles. The maximum absolute atomic E-state index is 12.6. The molecule has 0 aliphatic carbocycles. The van der Waals surface area contributed by atoms with E-state index in [0.29, 0.717) is 24.2 Å². The molecule has 0 bridgehead atoms. The number of rotatable bonds is 4. The summed E-state index contributed by atoms with van der Waals surface area (Å²) in [6.07, 6.45) is 0.614. The van der Waals surface area contributed by atoms with Gasteiger partial charge in [0, 0.05) is 37.1 Å². The minimum Gasteiger partial charge on any atom is -0.340 e. The second-order valence-electron chi connectivity index (χ2n) is 6.29. The van der Waals surface area contributed by atoms with Gasteiger partial charge in [-0.2, -0.15) is 0 Å². The van der Waals surface area contributed by atoms with Crippen molar-refractivity contribution in [3.63, 3.8) is 0 Å². The summed E-state index contributed by atoms with van der Waals surface area (Å²) in [6, 6.07) is 8.38. The molecule has 1 aliphatic rings. The van der Waals surface area contributed by atoms with Gasteiger partial charge in [0.25, 0.3) is 0 Å². The lowest BCUT2D eigenvalue weighted by atomic mass is 9.85. The van der Waals surface area contributed by atoms with Crippen molar-refractivity contribution in [3.05, 3.63) is 34.3 Å². The number of piperazine rings is 1. The first-order valence-electron chi connectivity index (χ1n) is 7.69. The summed E-state index contributed by atoms with van der Waals surface area (Å²) in [5.41, 5.74) is 1.26. The molecular weight excluding hydrogens is 328 g/mol. The van der Waals surface area contributed by atoms with Gasteiger partial charge in [0.2, 0.25) is 5.91 Å². The molecule has 4 heteroatoms. The number of benzene rings is 1. The fourth-order valence-electron chi connectivity index (χ4n) is 2.82. The highest BCUT2D eigenvalue weighted by molar-refractivity contribution is 9.10. The standard InChI is InChI=1S/C17H25BrN2O/c1-13(2)16(14-4-6-15(18)7-5-14)12-17(21)20-10-8-19(3)9-11-20/h4-7,13,16H,8-12H2,1-3H3. The molecule has 0 radical (unpaired) electrons. The van der Waals surface area contributed by atoms with Crippen molar-refractivity contribution in [1.82, 2.24) is 9.80 Å². The van der Waals surface area contributed by atoms with Crippen molar-refractivity contribution >= 4 is 21.8 Å². The summed E-state index contributed by atoms with van der Waals surface area (Å²) in [6.45, 7) is 8.08. The smallest absolute Gasteiger partial charge is 0.223 e. The number of amides is 1. The molecule has 1 unspecified atom stereocenters. The van der Waals surface area contributed by atoms with Crippen LogP contribution in [0.3, 0.4) is 0 Å². The molecule has 1 aromatic rings. The Labute approximate surface area is 136 Å². The van der Waals surface area contributed by atoms with Crippen LogP contribution in [0.2, 0.25) is 0 Å². The molecule has 2 rings (SSSR count). The first kappa shape index (κ1) is 16.5. The molecule has 1 saturated heterocycles. The average Bonchev–Trinajstić information content (AvgIpc) is 2.46. The van der Waals surface area contributed by atoms with Crippen LogP contribution in [-0.2, 0) is 4.79 Å². The molecule has 1 amide bonds. The highest BCUT2D eigenvalue weighted by Crippen LogP contribution is 2.29. The van der Waals surface area contributed by atoms with E-state index in [2.05, 4.69) is 66.0 Å². The third kappa shape index (κ3) is 4.55. The number of hydrogen-bond acceptors (Lipinski definition) is 2. The number of carbonyl (C=O) groups is 1. The Kier molecular flexibility index (Phi) is 5.82. The molecule has 0 spiro atoms. The first-order valence-corrected chi connectivity index (χ1v) is 8.48. The monoisotopic (exact) mass is 352 g/mol. The van der Waals surface area contributed by atoms with E-state index in [9.17, 15) is 4.79 Å². The van der Waals surface area contributed by atoms with Crippen LogP contribution in [0.25, 0.3) is 0 Å². The minimum absolute atomic E-state index is 0.296. The number of halogens is 1. The summed E-state index contributed by atoms with van der Waals surface area (Å²) in [5, 5.41) is 0. The number of nitrogens with zero attached hydrogens (tertiary/aromatic N) is 2. The lowest BCUT2D eigenvalue weighted by Gasteiger charge is -2.34. The van der Waals surface area contributed by atoms with Crippen LogP contribution in [0.1, 0.15) is 31.7 Å². The van der Waals surface area contributed by atoms with Gasteiger partial charge in [-0.3, -0.25) is 4.79 Å². The average molecular weight is 353 g/mol. The molecule has 116 valence electrons. The van der Waals surface area contributed by atoms with E-state index in [4.69, 9.17) is 0 Å². The van der Waals surface area contributed by atoms with Crippen molar-refractivity contribution < 1.29 is 4.79 Å². The van der Waals surface area contributed by atoms with Gasteiger partial charge in [0.15, 0.2) is 0 Å². The molecule has 0 N–H and O–H groups in total. The SMILES string of the molecule is CC(C)C(CC(=O)N1CCN(C)CC1)c1ccc(Br)cc1. The summed E-state index contributed by atoms with van der Waals surface area (Å²) in [4.78, 5) is 16.9. The van der Waals surface area contributed by atoms with Crippen molar-refractivity contribution in [2.45, 2.75) is 26.2 Å². The van der Waals surface area contributed by atoms with Crippen LogP contribution in [0.5, 0.6) is 0 Å². The Morgan fingerprint density at radius 1 is 1.14 bits per heavy atom. The third-order valence-electron chi connectivity index (χ3n) is 4.35. The fourth-order valence-corrected chi connectivity index (χ4v) is 3.09. The molecule has 1 atom stereocenters. The van der Waals surface area contributed by atoms with Gasteiger partial charge in [-0.05, 0) is 36.6 Å². The fraction of sp³-hybridized carbons (Fsp3) is 0.588. The van der Waals surface area contributed by atoms with Crippen molar-refractivity contribution in [2.24, 2.45) is 5.92 Å². The van der Waals surface area contributed by atoms with Gasteiger partial charge in [-0.25, -0.2) is 0 Å². The van der Waals surface area contributed by atoms with E-state index < -0.39 is 0 Å². The normalized spacial score (nSPS) is 18.0. The summed E-state index contributed by atoms with van der Waals surface area (Å²) in [5.74, 6) is 1.05. The van der Waals surface area contributed by atoms with Gasteiger partial charge < -0.3 is 9.80 Å². The first-order chi connectivity index (χ1) is 9.97. The Morgan fingerprint density at radius 2 is 1.71 bits per heavy atom. The van der Waals surface area contributed by atoms with Crippen molar-refractivity contribution in [2.75, 3.05) is 33.2 Å². The van der Waals surface area contributed by atoms with Gasteiger partial charge in [-0.15, -0.1) is 0 Å². The molecule has 1 aromatic carbocycles. The number of likely N-dealkylation sites (N-methyl/N-ethyl adjacent to an activating group) is 1.